The summed E-state index contributed by atoms with van der Waals surface area (Å²) in [7, 11) is 1.75. The van der Waals surface area contributed by atoms with Gasteiger partial charge in [0.05, 0.1) is 6.61 Å². The summed E-state index contributed by atoms with van der Waals surface area (Å²) in [5.74, 6) is 0.846. The van der Waals surface area contributed by atoms with Crippen molar-refractivity contribution in [3.05, 3.63) is 12.7 Å². The summed E-state index contributed by atoms with van der Waals surface area (Å²) < 4.78 is 4.98. The Bertz CT molecular complexity index is 309. The van der Waals surface area contributed by atoms with E-state index in [2.05, 4.69) is 21.8 Å². The molecule has 1 fully saturated rings. The molecule has 0 atom stereocenters. The summed E-state index contributed by atoms with van der Waals surface area (Å²) in [6.45, 7) is 9.42. The maximum atomic E-state index is 11.5. The third-order valence-electron chi connectivity index (χ3n) is 2.72. The number of nitrogens with zero attached hydrogens (tertiary/aromatic N) is 3. The quantitative estimate of drug-likeness (QED) is 0.453. The van der Waals surface area contributed by atoms with E-state index >= 15 is 0 Å². The Labute approximate surface area is 108 Å². The number of hydrogen-bond acceptors (Lipinski definition) is 3. The first-order chi connectivity index (χ1) is 8.72. The summed E-state index contributed by atoms with van der Waals surface area (Å²) in [5, 5.41) is 3.18. The van der Waals surface area contributed by atoms with Gasteiger partial charge in [-0.15, -0.1) is 6.58 Å². The number of nitrogens with one attached hydrogen (secondary N) is 1. The lowest BCUT2D eigenvalue weighted by Crippen LogP contribution is -2.53. The molecule has 0 aromatic carbocycles. The molecule has 0 saturated carbocycles. The molecule has 0 bridgehead atoms. The van der Waals surface area contributed by atoms with Crippen LogP contribution in [0, 0.1) is 0 Å². The van der Waals surface area contributed by atoms with Crippen LogP contribution < -0.4 is 5.32 Å². The van der Waals surface area contributed by atoms with E-state index in [0.717, 1.165) is 19.0 Å². The second-order valence-corrected chi connectivity index (χ2v) is 3.89. The predicted molar refractivity (Wildman–Crippen MR) is 71.7 cm³/mol. The molecular weight excluding hydrogens is 232 g/mol. The molecule has 0 aromatic rings. The lowest BCUT2D eigenvalue weighted by Gasteiger charge is -2.35. The third kappa shape index (κ3) is 3.94. The SMILES string of the molecule is C=CCNC(=NC)N1CCN(C(=O)OCC)CC1. The van der Waals surface area contributed by atoms with E-state index in [1.54, 1.807) is 18.0 Å². The molecule has 0 aliphatic carbocycles. The summed E-state index contributed by atoms with van der Waals surface area (Å²) in [5.41, 5.74) is 0. The van der Waals surface area contributed by atoms with Crippen LogP contribution in [-0.4, -0.2) is 68.2 Å². The second kappa shape index (κ2) is 7.58. The smallest absolute Gasteiger partial charge is 0.409 e. The van der Waals surface area contributed by atoms with E-state index in [4.69, 9.17) is 4.74 Å². The molecule has 6 heteroatoms. The number of rotatable bonds is 3. The third-order valence-corrected chi connectivity index (χ3v) is 2.72. The van der Waals surface area contributed by atoms with Gasteiger partial charge in [0.1, 0.15) is 0 Å². The van der Waals surface area contributed by atoms with E-state index in [0.29, 0.717) is 26.2 Å². The Balaban J connectivity index is 2.42. The molecule has 1 rings (SSSR count). The molecule has 102 valence electrons. The monoisotopic (exact) mass is 254 g/mol. The van der Waals surface area contributed by atoms with Crippen LogP contribution >= 0.6 is 0 Å². The van der Waals surface area contributed by atoms with Crippen LogP contribution in [0.5, 0.6) is 0 Å². The molecule has 0 aromatic heterocycles. The summed E-state index contributed by atoms with van der Waals surface area (Å²) in [4.78, 5) is 19.6. The highest BCUT2D eigenvalue weighted by molar-refractivity contribution is 5.80. The Morgan fingerprint density at radius 3 is 2.50 bits per heavy atom. The number of carbonyl (C=O) groups is 1. The maximum absolute atomic E-state index is 11.5. The molecule has 0 unspecified atom stereocenters. The van der Waals surface area contributed by atoms with Crippen molar-refractivity contribution < 1.29 is 9.53 Å². The van der Waals surface area contributed by atoms with Crippen LogP contribution in [0.1, 0.15) is 6.92 Å². The average Bonchev–Trinajstić information content (AvgIpc) is 2.40. The minimum atomic E-state index is -0.230. The van der Waals surface area contributed by atoms with Crippen molar-refractivity contribution in [1.82, 2.24) is 15.1 Å². The topological polar surface area (TPSA) is 57.2 Å². The largest absolute Gasteiger partial charge is 0.450 e. The lowest BCUT2D eigenvalue weighted by molar-refractivity contribution is 0.0915. The van der Waals surface area contributed by atoms with Crippen LogP contribution in [0.4, 0.5) is 4.79 Å². The standard InChI is InChI=1S/C12H22N4O2/c1-4-6-14-11(13-3)15-7-9-16(10-8-15)12(17)18-5-2/h4H,1,5-10H2,2-3H3,(H,13,14). The molecule has 1 amide bonds. The summed E-state index contributed by atoms with van der Waals surface area (Å²) in [6, 6.07) is 0. The van der Waals surface area contributed by atoms with Gasteiger partial charge in [-0.1, -0.05) is 6.08 Å². The van der Waals surface area contributed by atoms with Gasteiger partial charge in [0.15, 0.2) is 5.96 Å². The van der Waals surface area contributed by atoms with Crippen molar-refractivity contribution in [3.63, 3.8) is 0 Å². The van der Waals surface area contributed by atoms with E-state index in [-0.39, 0.29) is 6.09 Å². The van der Waals surface area contributed by atoms with Crippen molar-refractivity contribution in [2.75, 3.05) is 46.4 Å². The van der Waals surface area contributed by atoms with Gasteiger partial charge in [-0.25, -0.2) is 4.79 Å². The van der Waals surface area contributed by atoms with Crippen LogP contribution in [0.2, 0.25) is 0 Å². The zero-order valence-corrected chi connectivity index (χ0v) is 11.2. The lowest BCUT2D eigenvalue weighted by atomic mass is 10.3. The first-order valence-corrected chi connectivity index (χ1v) is 6.21. The van der Waals surface area contributed by atoms with E-state index in [9.17, 15) is 4.79 Å². The normalized spacial score (nSPS) is 16.4. The molecular formula is C12H22N4O2. The minimum Gasteiger partial charge on any atom is -0.450 e. The van der Waals surface area contributed by atoms with Crippen molar-refractivity contribution in [1.29, 1.82) is 0 Å². The summed E-state index contributed by atoms with van der Waals surface area (Å²) >= 11 is 0. The minimum absolute atomic E-state index is 0.230. The fourth-order valence-corrected chi connectivity index (χ4v) is 1.81. The van der Waals surface area contributed by atoms with Crippen LogP contribution in [0.15, 0.2) is 17.6 Å². The zero-order valence-electron chi connectivity index (χ0n) is 11.2. The highest BCUT2D eigenvalue weighted by Crippen LogP contribution is 2.04. The van der Waals surface area contributed by atoms with Crippen molar-refractivity contribution in [2.24, 2.45) is 4.99 Å². The predicted octanol–water partition coefficient (Wildman–Crippen LogP) is 0.522. The highest BCUT2D eigenvalue weighted by Gasteiger charge is 2.23. The van der Waals surface area contributed by atoms with Crippen LogP contribution in [0.25, 0.3) is 0 Å². The van der Waals surface area contributed by atoms with Gasteiger partial charge >= 0.3 is 6.09 Å². The first kappa shape index (κ1) is 14.3. The Morgan fingerprint density at radius 2 is 2.00 bits per heavy atom. The van der Waals surface area contributed by atoms with Gasteiger partial charge < -0.3 is 19.9 Å². The Hall–Kier alpha value is -1.72. The number of piperazine rings is 1. The number of hydrogen-bond donors (Lipinski definition) is 1. The molecule has 1 N–H and O–H groups in total. The number of aliphatic imine (C=N–C) groups is 1. The average molecular weight is 254 g/mol. The van der Waals surface area contributed by atoms with Gasteiger partial charge in [0, 0.05) is 39.8 Å². The van der Waals surface area contributed by atoms with Crippen molar-refractivity contribution in [3.8, 4) is 0 Å². The number of carbonyl (C=O) groups excluding carboxylic acids is 1. The van der Waals surface area contributed by atoms with E-state index in [1.165, 1.54) is 0 Å². The van der Waals surface area contributed by atoms with Gasteiger partial charge in [-0.05, 0) is 6.92 Å². The number of guanidine groups is 1. The zero-order chi connectivity index (χ0) is 13.4. The maximum Gasteiger partial charge on any atom is 0.409 e. The summed E-state index contributed by atoms with van der Waals surface area (Å²) in [6.07, 6.45) is 1.56. The molecule has 1 aliphatic heterocycles. The van der Waals surface area contributed by atoms with Gasteiger partial charge in [0.2, 0.25) is 0 Å². The molecule has 1 saturated heterocycles. The van der Waals surface area contributed by atoms with Gasteiger partial charge in [-0.3, -0.25) is 4.99 Å². The molecule has 18 heavy (non-hydrogen) atoms. The van der Waals surface area contributed by atoms with Crippen LogP contribution in [-0.2, 0) is 4.74 Å². The number of amides is 1. The van der Waals surface area contributed by atoms with Crippen LogP contribution in [0.3, 0.4) is 0 Å². The Kier molecular flexibility index (Phi) is 6.04. The van der Waals surface area contributed by atoms with Crippen molar-refractivity contribution >= 4 is 12.1 Å². The highest BCUT2D eigenvalue weighted by atomic mass is 16.6. The molecule has 6 nitrogen and oxygen atoms in total. The van der Waals surface area contributed by atoms with Gasteiger partial charge in [-0.2, -0.15) is 0 Å². The fraction of sp³-hybridized carbons (Fsp3) is 0.667. The first-order valence-electron chi connectivity index (χ1n) is 6.21. The second-order valence-electron chi connectivity index (χ2n) is 3.89. The fourth-order valence-electron chi connectivity index (χ4n) is 1.81. The molecule has 0 radical (unpaired) electrons. The van der Waals surface area contributed by atoms with E-state index < -0.39 is 0 Å². The van der Waals surface area contributed by atoms with Gasteiger partial charge in [0.25, 0.3) is 0 Å². The Morgan fingerprint density at radius 1 is 1.39 bits per heavy atom. The molecule has 1 heterocycles. The van der Waals surface area contributed by atoms with Crippen molar-refractivity contribution in [2.45, 2.75) is 6.92 Å². The molecule has 0 spiro atoms. The van der Waals surface area contributed by atoms with E-state index in [1.807, 2.05) is 6.92 Å². The molecule has 1 aliphatic rings. The number of ether oxygens (including phenoxy) is 1.